The molecule has 0 aromatic rings. The summed E-state index contributed by atoms with van der Waals surface area (Å²) in [7, 11) is 2.23. The van der Waals surface area contributed by atoms with Crippen molar-refractivity contribution < 1.29 is 0 Å². The van der Waals surface area contributed by atoms with Gasteiger partial charge in [-0.05, 0) is 45.7 Å². The number of nitrogens with zero attached hydrogens (tertiary/aromatic N) is 1. The summed E-state index contributed by atoms with van der Waals surface area (Å²) >= 11 is 1.92. The lowest BCUT2D eigenvalue weighted by molar-refractivity contribution is 0.206. The molecule has 0 rings (SSSR count). The van der Waals surface area contributed by atoms with Crippen LogP contribution in [0.25, 0.3) is 0 Å². The quantitative estimate of drug-likeness (QED) is 0.614. The average molecular weight is 232 g/mol. The van der Waals surface area contributed by atoms with Crippen LogP contribution in [0.5, 0.6) is 0 Å². The Labute approximate surface area is 100 Å². The maximum absolute atomic E-state index is 3.49. The summed E-state index contributed by atoms with van der Waals surface area (Å²) in [6, 6.07) is 0.668. The Morgan fingerprint density at radius 3 is 2.53 bits per heavy atom. The molecule has 15 heavy (non-hydrogen) atoms. The van der Waals surface area contributed by atoms with E-state index in [4.69, 9.17) is 0 Å². The summed E-state index contributed by atoms with van der Waals surface area (Å²) < 4.78 is 0. The van der Waals surface area contributed by atoms with Gasteiger partial charge in [0.2, 0.25) is 0 Å². The van der Waals surface area contributed by atoms with Crippen LogP contribution in [0.2, 0.25) is 0 Å². The maximum Gasteiger partial charge on any atom is 0.0102 e. The van der Waals surface area contributed by atoms with Crippen molar-refractivity contribution in [3.8, 4) is 0 Å². The van der Waals surface area contributed by atoms with Gasteiger partial charge >= 0.3 is 0 Å². The zero-order chi connectivity index (χ0) is 11.7. The Balaban J connectivity index is 3.69. The summed E-state index contributed by atoms with van der Waals surface area (Å²) in [5.41, 5.74) is 0. The van der Waals surface area contributed by atoms with Crippen LogP contribution in [0.1, 0.15) is 27.2 Å². The second kappa shape index (κ2) is 9.49. The summed E-state index contributed by atoms with van der Waals surface area (Å²) in [6.07, 6.45) is 3.40. The van der Waals surface area contributed by atoms with Gasteiger partial charge in [0.05, 0.1) is 0 Å². The molecule has 0 bridgehead atoms. The molecule has 0 aliphatic carbocycles. The molecule has 0 aliphatic rings. The molecule has 0 amide bonds. The summed E-state index contributed by atoms with van der Waals surface area (Å²) in [5, 5.41) is 3.49. The molecule has 2 nitrogen and oxygen atoms in total. The van der Waals surface area contributed by atoms with Gasteiger partial charge in [-0.25, -0.2) is 0 Å². The third kappa shape index (κ3) is 7.20. The minimum absolute atomic E-state index is 0.668. The first-order chi connectivity index (χ1) is 7.13. The van der Waals surface area contributed by atoms with Gasteiger partial charge in [-0.3, -0.25) is 0 Å². The van der Waals surface area contributed by atoms with E-state index in [1.54, 1.807) is 0 Å². The van der Waals surface area contributed by atoms with Crippen LogP contribution in [0.15, 0.2) is 0 Å². The first-order valence-corrected chi connectivity index (χ1v) is 7.42. The molecular weight excluding hydrogens is 204 g/mol. The smallest absolute Gasteiger partial charge is 0.0102 e. The summed E-state index contributed by atoms with van der Waals surface area (Å²) in [5.74, 6) is 1.96. The fourth-order valence-electron chi connectivity index (χ4n) is 1.55. The molecule has 0 aromatic heterocycles. The number of hydrogen-bond donors (Lipinski definition) is 1. The topological polar surface area (TPSA) is 15.3 Å². The Bertz CT molecular complexity index is 142. The van der Waals surface area contributed by atoms with Gasteiger partial charge in [0.25, 0.3) is 0 Å². The van der Waals surface area contributed by atoms with E-state index in [1.165, 1.54) is 18.7 Å². The Hall–Kier alpha value is 0.270. The minimum Gasteiger partial charge on any atom is -0.316 e. The van der Waals surface area contributed by atoms with E-state index in [-0.39, 0.29) is 0 Å². The lowest BCUT2D eigenvalue weighted by atomic mass is 10.0. The van der Waals surface area contributed by atoms with E-state index < -0.39 is 0 Å². The molecule has 1 N–H and O–H groups in total. The maximum atomic E-state index is 3.49. The minimum atomic E-state index is 0.668. The van der Waals surface area contributed by atoms with Crippen LogP contribution in [0, 0.1) is 5.92 Å². The molecule has 2 unspecified atom stereocenters. The van der Waals surface area contributed by atoms with E-state index >= 15 is 0 Å². The van der Waals surface area contributed by atoms with Crippen molar-refractivity contribution >= 4 is 11.8 Å². The first-order valence-electron chi connectivity index (χ1n) is 6.03. The van der Waals surface area contributed by atoms with Crippen molar-refractivity contribution in [3.05, 3.63) is 0 Å². The van der Waals surface area contributed by atoms with Gasteiger partial charge in [-0.2, -0.15) is 11.8 Å². The molecule has 0 saturated heterocycles. The highest BCUT2D eigenvalue weighted by atomic mass is 32.2. The molecule has 0 heterocycles. The third-order valence-corrected chi connectivity index (χ3v) is 3.65. The van der Waals surface area contributed by atoms with Crippen LogP contribution < -0.4 is 5.32 Å². The molecule has 0 radical (unpaired) electrons. The van der Waals surface area contributed by atoms with Gasteiger partial charge in [-0.1, -0.05) is 13.8 Å². The highest BCUT2D eigenvalue weighted by Crippen LogP contribution is 2.09. The van der Waals surface area contributed by atoms with Crippen molar-refractivity contribution in [2.75, 3.05) is 38.7 Å². The van der Waals surface area contributed by atoms with Gasteiger partial charge in [0, 0.05) is 18.3 Å². The average Bonchev–Trinajstić information content (AvgIpc) is 2.24. The highest BCUT2D eigenvalue weighted by molar-refractivity contribution is 7.98. The molecular formula is C12H28N2S. The largest absolute Gasteiger partial charge is 0.316 e. The molecule has 0 saturated carbocycles. The number of rotatable bonds is 9. The lowest BCUT2D eigenvalue weighted by Gasteiger charge is -2.29. The zero-order valence-corrected chi connectivity index (χ0v) is 11.9. The number of hydrogen-bond acceptors (Lipinski definition) is 3. The predicted molar refractivity (Wildman–Crippen MR) is 72.8 cm³/mol. The van der Waals surface area contributed by atoms with E-state index in [2.05, 4.69) is 44.3 Å². The highest BCUT2D eigenvalue weighted by Gasteiger charge is 2.15. The van der Waals surface area contributed by atoms with Gasteiger partial charge < -0.3 is 10.2 Å². The van der Waals surface area contributed by atoms with E-state index in [1.807, 2.05) is 11.8 Å². The van der Waals surface area contributed by atoms with Crippen LogP contribution in [-0.2, 0) is 0 Å². The summed E-state index contributed by atoms with van der Waals surface area (Å²) in [4.78, 5) is 2.47. The van der Waals surface area contributed by atoms with Crippen molar-refractivity contribution in [1.82, 2.24) is 10.2 Å². The molecule has 0 aliphatic heterocycles. The van der Waals surface area contributed by atoms with Crippen LogP contribution >= 0.6 is 11.8 Å². The van der Waals surface area contributed by atoms with Crippen molar-refractivity contribution in [2.45, 2.75) is 33.2 Å². The Kier molecular flexibility index (Phi) is 9.66. The zero-order valence-electron chi connectivity index (χ0n) is 11.0. The second-order valence-electron chi connectivity index (χ2n) is 4.40. The molecule has 0 spiro atoms. The molecule has 0 aromatic carbocycles. The first kappa shape index (κ1) is 15.3. The van der Waals surface area contributed by atoms with Gasteiger partial charge in [0.1, 0.15) is 0 Å². The fourth-order valence-corrected chi connectivity index (χ4v) is 2.02. The Morgan fingerprint density at radius 2 is 2.00 bits per heavy atom. The van der Waals surface area contributed by atoms with Crippen LogP contribution in [-0.4, -0.2) is 49.6 Å². The number of thioether (sulfide) groups is 1. The van der Waals surface area contributed by atoms with Crippen molar-refractivity contribution in [3.63, 3.8) is 0 Å². The van der Waals surface area contributed by atoms with Gasteiger partial charge in [0.15, 0.2) is 0 Å². The van der Waals surface area contributed by atoms with E-state index in [9.17, 15) is 0 Å². The Morgan fingerprint density at radius 1 is 1.33 bits per heavy atom. The van der Waals surface area contributed by atoms with Gasteiger partial charge in [-0.15, -0.1) is 0 Å². The standard InChI is InChI=1S/C12H28N2S/c1-6-7-13-10-11(2)12(3)14(4)8-9-15-5/h11-13H,6-10H2,1-5H3. The number of nitrogens with one attached hydrogen (secondary N) is 1. The van der Waals surface area contributed by atoms with Crippen molar-refractivity contribution in [2.24, 2.45) is 5.92 Å². The second-order valence-corrected chi connectivity index (χ2v) is 5.38. The SMILES string of the molecule is CCCNCC(C)C(C)N(C)CCSC. The normalized spacial score (nSPS) is 15.6. The predicted octanol–water partition coefficient (Wildman–Crippen LogP) is 2.31. The monoisotopic (exact) mass is 232 g/mol. The molecule has 3 heteroatoms. The van der Waals surface area contributed by atoms with E-state index in [0.29, 0.717) is 6.04 Å². The summed E-state index contributed by atoms with van der Waals surface area (Å²) in [6.45, 7) is 10.4. The van der Waals surface area contributed by atoms with Crippen LogP contribution in [0.3, 0.4) is 0 Å². The van der Waals surface area contributed by atoms with E-state index in [0.717, 1.165) is 19.0 Å². The molecule has 92 valence electrons. The molecule has 0 fully saturated rings. The van der Waals surface area contributed by atoms with Crippen molar-refractivity contribution in [1.29, 1.82) is 0 Å². The molecule has 2 atom stereocenters. The third-order valence-electron chi connectivity index (χ3n) is 3.06. The lowest BCUT2D eigenvalue weighted by Crippen LogP contribution is -2.40. The fraction of sp³-hybridized carbons (Fsp3) is 1.00. The van der Waals surface area contributed by atoms with Crippen LogP contribution in [0.4, 0.5) is 0 Å².